The minimum Gasteiger partial charge on any atom is -0.369 e. The van der Waals surface area contributed by atoms with Gasteiger partial charge in [0.15, 0.2) is 5.65 Å². The second kappa shape index (κ2) is 8.17. The lowest BCUT2D eigenvalue weighted by atomic mass is 10.0. The summed E-state index contributed by atoms with van der Waals surface area (Å²) in [6.07, 6.45) is 0. The number of fused-ring (bicyclic) bond motifs is 3. The van der Waals surface area contributed by atoms with Crippen LogP contribution in [0.3, 0.4) is 0 Å². The topological polar surface area (TPSA) is 104 Å². The van der Waals surface area contributed by atoms with Gasteiger partial charge >= 0.3 is 0 Å². The van der Waals surface area contributed by atoms with Crippen molar-refractivity contribution in [1.82, 2.24) is 24.7 Å². The van der Waals surface area contributed by atoms with Crippen LogP contribution >= 0.6 is 0 Å². The lowest BCUT2D eigenvalue weighted by Crippen LogP contribution is -2.53. The van der Waals surface area contributed by atoms with Crippen LogP contribution in [0.1, 0.15) is 31.9 Å². The normalized spacial score (nSPS) is 15.9. The first kappa shape index (κ1) is 23.5. The summed E-state index contributed by atoms with van der Waals surface area (Å²) in [4.78, 5) is 21.9. The van der Waals surface area contributed by atoms with Crippen LogP contribution in [-0.2, 0) is 9.84 Å². The summed E-state index contributed by atoms with van der Waals surface area (Å²) in [5.74, 6) is 0. The van der Waals surface area contributed by atoms with E-state index in [1.54, 1.807) is 25.1 Å². The van der Waals surface area contributed by atoms with Crippen LogP contribution in [-0.4, -0.2) is 64.8 Å². The summed E-state index contributed by atoms with van der Waals surface area (Å²) in [7, 11) is -3.99. The third kappa shape index (κ3) is 4.00. The van der Waals surface area contributed by atoms with Gasteiger partial charge in [0.05, 0.1) is 15.8 Å². The SMILES string of the molecule is Cc1ccc(S(=O)(=O)c2n[nH]n3c2nc(=O)c2ccc(N4CCN(C(C)(C)C)CC4)cc23)c(C)c1. The van der Waals surface area contributed by atoms with Gasteiger partial charge < -0.3 is 4.90 Å². The minimum atomic E-state index is -3.99. The molecule has 5 rings (SSSR count). The van der Waals surface area contributed by atoms with E-state index in [1.165, 1.54) is 4.52 Å². The Hall–Kier alpha value is -3.24. The number of piperazine rings is 1. The molecule has 10 heteroatoms. The van der Waals surface area contributed by atoms with Gasteiger partial charge in [-0.15, -0.1) is 5.10 Å². The number of anilines is 1. The van der Waals surface area contributed by atoms with Crippen molar-refractivity contribution in [2.75, 3.05) is 31.1 Å². The van der Waals surface area contributed by atoms with Crippen LogP contribution in [0.4, 0.5) is 5.69 Å². The molecule has 1 saturated heterocycles. The van der Waals surface area contributed by atoms with Crippen LogP contribution in [0.25, 0.3) is 16.6 Å². The van der Waals surface area contributed by atoms with Gasteiger partial charge in [-0.25, -0.2) is 18.1 Å². The Morgan fingerprint density at radius 3 is 2.34 bits per heavy atom. The molecule has 1 N–H and O–H groups in total. The molecular weight excluding hydrogens is 464 g/mol. The van der Waals surface area contributed by atoms with Gasteiger partial charge in [0.1, 0.15) is 0 Å². The molecule has 2 aromatic carbocycles. The highest BCUT2D eigenvalue weighted by molar-refractivity contribution is 7.91. The molecule has 2 aromatic heterocycles. The highest BCUT2D eigenvalue weighted by Gasteiger charge is 2.29. The van der Waals surface area contributed by atoms with Crippen LogP contribution in [0.5, 0.6) is 0 Å². The van der Waals surface area contributed by atoms with Gasteiger partial charge in [-0.2, -0.15) is 4.98 Å². The molecule has 1 aliphatic heterocycles. The third-order valence-corrected chi connectivity index (χ3v) is 8.60. The Balaban J connectivity index is 1.59. The first-order valence-electron chi connectivity index (χ1n) is 11.7. The number of hydrogen-bond acceptors (Lipinski definition) is 7. The van der Waals surface area contributed by atoms with E-state index in [1.807, 2.05) is 25.1 Å². The predicted octanol–water partition coefficient (Wildman–Crippen LogP) is 2.94. The maximum absolute atomic E-state index is 13.5. The van der Waals surface area contributed by atoms with Crippen molar-refractivity contribution in [3.63, 3.8) is 0 Å². The van der Waals surface area contributed by atoms with E-state index >= 15 is 0 Å². The highest BCUT2D eigenvalue weighted by Crippen LogP contribution is 2.28. The molecule has 0 aliphatic carbocycles. The highest BCUT2D eigenvalue weighted by atomic mass is 32.2. The lowest BCUT2D eigenvalue weighted by molar-refractivity contribution is 0.128. The smallest absolute Gasteiger partial charge is 0.281 e. The molecule has 4 aromatic rings. The number of aromatic nitrogens is 4. The second-order valence-electron chi connectivity index (χ2n) is 10.2. The first-order chi connectivity index (χ1) is 16.5. The maximum atomic E-state index is 13.5. The molecule has 1 fully saturated rings. The van der Waals surface area contributed by atoms with Crippen molar-refractivity contribution in [2.24, 2.45) is 0 Å². The summed E-state index contributed by atoms with van der Waals surface area (Å²) in [5.41, 5.74) is 2.73. The van der Waals surface area contributed by atoms with E-state index in [2.05, 4.69) is 45.9 Å². The Bertz CT molecular complexity index is 1610. The second-order valence-corrected chi connectivity index (χ2v) is 12.0. The van der Waals surface area contributed by atoms with Gasteiger partial charge in [-0.1, -0.05) is 17.7 Å². The Labute approximate surface area is 204 Å². The zero-order chi connectivity index (χ0) is 25.1. The van der Waals surface area contributed by atoms with E-state index in [0.29, 0.717) is 16.5 Å². The Kier molecular flexibility index (Phi) is 5.48. The number of sulfone groups is 1. The van der Waals surface area contributed by atoms with E-state index in [4.69, 9.17) is 0 Å². The zero-order valence-electron chi connectivity index (χ0n) is 20.7. The van der Waals surface area contributed by atoms with Crippen LogP contribution in [0.2, 0.25) is 0 Å². The van der Waals surface area contributed by atoms with Crippen molar-refractivity contribution in [3.8, 4) is 0 Å². The zero-order valence-corrected chi connectivity index (χ0v) is 21.5. The summed E-state index contributed by atoms with van der Waals surface area (Å²) in [6.45, 7) is 13.9. The van der Waals surface area contributed by atoms with Crippen LogP contribution < -0.4 is 10.5 Å². The number of benzene rings is 2. The number of aryl methyl sites for hydroxylation is 2. The molecule has 3 heterocycles. The molecule has 0 bridgehead atoms. The fourth-order valence-corrected chi connectivity index (χ4v) is 6.29. The van der Waals surface area contributed by atoms with Crippen LogP contribution in [0, 0.1) is 13.8 Å². The Morgan fingerprint density at radius 1 is 0.971 bits per heavy atom. The molecule has 0 saturated carbocycles. The maximum Gasteiger partial charge on any atom is 0.281 e. The summed E-state index contributed by atoms with van der Waals surface area (Å²) in [5, 5.41) is 7.03. The number of rotatable bonds is 3. The molecule has 35 heavy (non-hydrogen) atoms. The lowest BCUT2D eigenvalue weighted by Gasteiger charge is -2.43. The molecule has 1 aliphatic rings. The van der Waals surface area contributed by atoms with E-state index in [-0.39, 0.29) is 21.1 Å². The quantitative estimate of drug-likeness (QED) is 0.467. The van der Waals surface area contributed by atoms with Gasteiger partial charge in [0, 0.05) is 37.4 Å². The number of aromatic amines is 1. The molecule has 0 atom stereocenters. The molecule has 0 unspecified atom stereocenters. The molecule has 184 valence electrons. The van der Waals surface area contributed by atoms with Crippen LogP contribution in [0.15, 0.2) is 51.1 Å². The van der Waals surface area contributed by atoms with Gasteiger partial charge in [0.2, 0.25) is 14.9 Å². The van der Waals surface area contributed by atoms with Crippen molar-refractivity contribution in [3.05, 3.63) is 57.9 Å². The molecule has 0 radical (unpaired) electrons. The van der Waals surface area contributed by atoms with Gasteiger partial charge in [0.25, 0.3) is 5.56 Å². The average Bonchev–Trinajstić information content (AvgIpc) is 3.23. The van der Waals surface area contributed by atoms with E-state index in [9.17, 15) is 13.2 Å². The van der Waals surface area contributed by atoms with Gasteiger partial charge in [-0.3, -0.25) is 9.69 Å². The average molecular weight is 495 g/mol. The van der Waals surface area contributed by atoms with E-state index in [0.717, 1.165) is 37.4 Å². The fourth-order valence-electron chi connectivity index (χ4n) is 4.81. The fraction of sp³-hybridized carbons (Fsp3) is 0.400. The largest absolute Gasteiger partial charge is 0.369 e. The number of hydrogen-bond donors (Lipinski definition) is 1. The Morgan fingerprint density at radius 2 is 1.69 bits per heavy atom. The number of nitrogens with one attached hydrogen (secondary N) is 1. The molecule has 0 amide bonds. The summed E-state index contributed by atoms with van der Waals surface area (Å²) >= 11 is 0. The summed E-state index contributed by atoms with van der Waals surface area (Å²) < 4.78 is 28.4. The molecule has 0 spiro atoms. The van der Waals surface area contributed by atoms with Gasteiger partial charge in [-0.05, 0) is 64.4 Å². The summed E-state index contributed by atoms with van der Waals surface area (Å²) in [6, 6.07) is 10.7. The number of H-pyrrole nitrogens is 1. The predicted molar refractivity (Wildman–Crippen MR) is 136 cm³/mol. The minimum absolute atomic E-state index is 0.00261. The first-order valence-corrected chi connectivity index (χ1v) is 13.2. The van der Waals surface area contributed by atoms with Crippen molar-refractivity contribution < 1.29 is 8.42 Å². The number of nitrogens with zero attached hydrogens (tertiary/aromatic N) is 5. The third-order valence-electron chi connectivity index (χ3n) is 6.78. The molecular formula is C25H30N6O3S. The van der Waals surface area contributed by atoms with Crippen molar-refractivity contribution >= 4 is 32.1 Å². The monoisotopic (exact) mass is 494 g/mol. The van der Waals surface area contributed by atoms with Crippen molar-refractivity contribution in [2.45, 2.75) is 50.1 Å². The molecule has 9 nitrogen and oxygen atoms in total. The van der Waals surface area contributed by atoms with E-state index < -0.39 is 15.4 Å². The van der Waals surface area contributed by atoms with Crippen molar-refractivity contribution in [1.29, 1.82) is 0 Å². The standard InChI is InChI=1S/C25H30N6O3S/c1-16-6-9-21(17(2)14-16)35(33,34)24-22-26-23(32)19-8-7-18(15-20(19)31(22)28-27-24)29-10-12-30(13-11-29)25(3,4)5/h6-9,14-15,28H,10-13H2,1-5H3.